The fraction of sp³-hybridized carbons (Fsp3) is 0.559. The number of carbonyl (C=O) groups excluding carboxylic acids is 3. The number of piperidine rings is 2. The highest BCUT2D eigenvalue weighted by atomic mass is 35.5. The van der Waals surface area contributed by atoms with Crippen molar-refractivity contribution in [1.82, 2.24) is 24.9 Å². The maximum Gasteiger partial charge on any atom is 0.410 e. The van der Waals surface area contributed by atoms with Gasteiger partial charge in [0.05, 0.1) is 0 Å². The first-order valence-electron chi connectivity index (χ1n) is 16.5. The van der Waals surface area contributed by atoms with E-state index >= 15 is 0 Å². The Morgan fingerprint density at radius 2 is 1.62 bits per heavy atom. The number of amides is 4. The molecule has 6 rings (SSSR count). The lowest BCUT2D eigenvalue weighted by molar-refractivity contribution is -0.142. The summed E-state index contributed by atoms with van der Waals surface area (Å²) in [5, 5.41) is 7.09. The summed E-state index contributed by atoms with van der Waals surface area (Å²) in [4.78, 5) is 48.4. The summed E-state index contributed by atoms with van der Waals surface area (Å²) in [7, 11) is 0. The van der Waals surface area contributed by atoms with Gasteiger partial charge in [0.25, 0.3) is 5.91 Å². The second-order valence-electron chi connectivity index (χ2n) is 12.8. The van der Waals surface area contributed by atoms with Crippen LogP contribution in [0.3, 0.4) is 0 Å². The summed E-state index contributed by atoms with van der Waals surface area (Å²) < 4.78 is 6.03. The van der Waals surface area contributed by atoms with Gasteiger partial charge in [0, 0.05) is 89.5 Å². The molecular formula is C34H47ClN6O4. The quantitative estimate of drug-likeness (QED) is 0.487. The van der Waals surface area contributed by atoms with E-state index in [9.17, 15) is 14.4 Å². The lowest BCUT2D eigenvalue weighted by Crippen LogP contribution is -2.54. The largest absolute Gasteiger partial charge is 0.436 e. The molecule has 2 aromatic rings. The average molecular weight is 639 g/mol. The lowest BCUT2D eigenvalue weighted by Gasteiger charge is -2.41. The van der Waals surface area contributed by atoms with E-state index in [4.69, 9.17) is 16.3 Å². The molecule has 2 aromatic carbocycles. The van der Waals surface area contributed by atoms with Crippen LogP contribution in [0.25, 0.3) is 0 Å². The van der Waals surface area contributed by atoms with Gasteiger partial charge in [-0.1, -0.05) is 41.9 Å². The Hall–Kier alpha value is -3.34. The van der Waals surface area contributed by atoms with Crippen LogP contribution in [0.5, 0.6) is 0 Å². The highest BCUT2D eigenvalue weighted by Gasteiger charge is 2.36. The molecule has 1 atom stereocenters. The van der Waals surface area contributed by atoms with Crippen LogP contribution in [-0.2, 0) is 22.4 Å². The number of likely N-dealkylation sites (tertiary alicyclic amines) is 2. The number of fused-ring (bicyclic) bond motifs is 1. The van der Waals surface area contributed by atoms with Crippen molar-refractivity contribution in [2.75, 3.05) is 64.2 Å². The van der Waals surface area contributed by atoms with Crippen LogP contribution in [0, 0.1) is 6.92 Å². The predicted molar refractivity (Wildman–Crippen MR) is 177 cm³/mol. The topological polar surface area (TPSA) is 97.5 Å². The number of benzene rings is 2. The van der Waals surface area contributed by atoms with Gasteiger partial charge in [0.15, 0.2) is 6.10 Å². The Bertz CT molecular complexity index is 1380. The van der Waals surface area contributed by atoms with Gasteiger partial charge in [-0.25, -0.2) is 9.59 Å². The minimum Gasteiger partial charge on any atom is -0.436 e. The van der Waals surface area contributed by atoms with Crippen molar-refractivity contribution >= 4 is 35.3 Å². The first kappa shape index (κ1) is 31.6. The maximum atomic E-state index is 13.9. The number of ether oxygens (including phenoxy) is 1. The van der Waals surface area contributed by atoms with Gasteiger partial charge in [-0.05, 0) is 67.9 Å². The number of nitrogens with one attached hydrogen (secondary N) is 2. The predicted octanol–water partition coefficient (Wildman–Crippen LogP) is 4.39. The van der Waals surface area contributed by atoms with Crippen LogP contribution in [0.4, 0.5) is 15.3 Å². The van der Waals surface area contributed by atoms with Crippen LogP contribution in [0.1, 0.15) is 43.8 Å². The average Bonchev–Trinajstić information content (AvgIpc) is 3.24. The van der Waals surface area contributed by atoms with Crippen molar-refractivity contribution in [2.45, 2.75) is 63.6 Å². The normalized spacial score (nSPS) is 21.1. The van der Waals surface area contributed by atoms with Crippen LogP contribution in [0.2, 0.25) is 5.02 Å². The van der Waals surface area contributed by atoms with Gasteiger partial charge in [0.1, 0.15) is 0 Å². The Balaban J connectivity index is 0.00000417. The van der Waals surface area contributed by atoms with E-state index in [0.717, 1.165) is 67.8 Å². The highest BCUT2D eigenvalue weighted by Crippen LogP contribution is 2.26. The first-order chi connectivity index (χ1) is 21.9. The van der Waals surface area contributed by atoms with Gasteiger partial charge >= 0.3 is 12.1 Å². The van der Waals surface area contributed by atoms with E-state index in [-0.39, 0.29) is 25.8 Å². The van der Waals surface area contributed by atoms with Crippen LogP contribution >= 0.6 is 11.6 Å². The van der Waals surface area contributed by atoms with E-state index in [2.05, 4.69) is 21.6 Å². The molecule has 10 nitrogen and oxygen atoms in total. The third-order valence-electron chi connectivity index (χ3n) is 9.93. The number of hydrogen-bond acceptors (Lipinski definition) is 6. The maximum absolute atomic E-state index is 13.9. The van der Waals surface area contributed by atoms with Crippen molar-refractivity contribution < 1.29 is 20.5 Å². The summed E-state index contributed by atoms with van der Waals surface area (Å²) in [5.41, 5.74) is 3.82. The molecule has 0 bridgehead atoms. The van der Waals surface area contributed by atoms with Crippen molar-refractivity contribution in [3.63, 3.8) is 0 Å². The summed E-state index contributed by atoms with van der Waals surface area (Å²) >= 11 is 6.41. The molecule has 2 N–H and O–H groups in total. The zero-order valence-corrected chi connectivity index (χ0v) is 26.9. The van der Waals surface area contributed by atoms with E-state index in [1.807, 2.05) is 53.1 Å². The standard InChI is InChI=1S/C34H45ClN6O4.H2/c1-24-6-7-25(22-29(24)35)23-31(32(42)39-15-9-27(10-16-39)38-20-13-36-14-21-38)45-34(44)40-17-11-28(12-18-40)41-19-8-26-4-2-3-5-30(26)37-33(41)43;/h2-7,22,27-28,31,36H,8-21,23H2,1H3,(H,37,43);1H/t31-;/m1./s1. The van der Waals surface area contributed by atoms with E-state index < -0.39 is 12.2 Å². The number of halogens is 1. The van der Waals surface area contributed by atoms with Gasteiger partial charge in [0.2, 0.25) is 0 Å². The van der Waals surface area contributed by atoms with Crippen LogP contribution in [-0.4, -0.2) is 115 Å². The third-order valence-corrected chi connectivity index (χ3v) is 10.3. The van der Waals surface area contributed by atoms with Gasteiger partial charge in [-0.2, -0.15) is 0 Å². The molecule has 0 aliphatic carbocycles. The lowest BCUT2D eigenvalue weighted by atomic mass is 10.00. The summed E-state index contributed by atoms with van der Waals surface area (Å²) in [6, 6.07) is 14.1. The molecule has 0 spiro atoms. The van der Waals surface area contributed by atoms with Crippen molar-refractivity contribution in [3.05, 3.63) is 64.2 Å². The molecule has 0 unspecified atom stereocenters. The Labute approximate surface area is 272 Å². The summed E-state index contributed by atoms with van der Waals surface area (Å²) in [6.45, 7) is 8.92. The molecule has 45 heavy (non-hydrogen) atoms. The molecule has 244 valence electrons. The van der Waals surface area contributed by atoms with Crippen molar-refractivity contribution in [2.24, 2.45) is 0 Å². The van der Waals surface area contributed by atoms with Crippen LogP contribution < -0.4 is 10.6 Å². The van der Waals surface area contributed by atoms with E-state index in [1.54, 1.807) is 4.90 Å². The number of anilines is 1. The summed E-state index contributed by atoms with van der Waals surface area (Å²) in [5.74, 6) is -0.144. The molecule has 4 aliphatic rings. The monoisotopic (exact) mass is 638 g/mol. The van der Waals surface area contributed by atoms with Crippen molar-refractivity contribution in [3.8, 4) is 0 Å². The first-order valence-corrected chi connectivity index (χ1v) is 16.8. The molecular weight excluding hydrogens is 592 g/mol. The molecule has 3 fully saturated rings. The molecule has 4 amide bonds. The third kappa shape index (κ3) is 7.56. The SMILES string of the molecule is Cc1ccc(C[C@@H](OC(=O)N2CCC(N3CCc4ccccc4NC3=O)CC2)C(=O)N2CCC(N3CCNCC3)CC2)cc1Cl.[HH]. The number of hydrogen-bond donors (Lipinski definition) is 2. The van der Waals surface area contributed by atoms with E-state index in [0.29, 0.717) is 56.6 Å². The second kappa shape index (κ2) is 14.4. The molecule has 4 heterocycles. The molecule has 4 aliphatic heterocycles. The van der Waals surface area contributed by atoms with Crippen LogP contribution in [0.15, 0.2) is 42.5 Å². The Morgan fingerprint density at radius 3 is 2.36 bits per heavy atom. The summed E-state index contributed by atoms with van der Waals surface area (Å²) in [6.07, 6.45) is 2.81. The van der Waals surface area contributed by atoms with E-state index in [1.165, 1.54) is 0 Å². The van der Waals surface area contributed by atoms with Gasteiger partial charge in [-0.3, -0.25) is 9.69 Å². The molecule has 3 saturated heterocycles. The minimum absolute atomic E-state index is 0. The molecule has 11 heteroatoms. The number of urea groups is 1. The fourth-order valence-corrected chi connectivity index (χ4v) is 7.36. The zero-order chi connectivity index (χ0) is 31.3. The number of piperazine rings is 1. The van der Waals surface area contributed by atoms with Gasteiger partial charge in [-0.15, -0.1) is 0 Å². The number of carbonyl (C=O) groups is 3. The number of aryl methyl sites for hydroxylation is 1. The second-order valence-corrected chi connectivity index (χ2v) is 13.2. The molecule has 0 aromatic heterocycles. The Morgan fingerprint density at radius 1 is 0.933 bits per heavy atom. The fourth-order valence-electron chi connectivity index (χ4n) is 7.15. The highest BCUT2D eigenvalue weighted by molar-refractivity contribution is 6.31. The Kier molecular flexibility index (Phi) is 10.1. The van der Waals surface area contributed by atoms with Gasteiger partial charge < -0.3 is 30.1 Å². The number of nitrogens with zero attached hydrogens (tertiary/aromatic N) is 4. The number of rotatable bonds is 6. The van der Waals surface area contributed by atoms with Crippen molar-refractivity contribution in [1.29, 1.82) is 0 Å². The molecule has 0 saturated carbocycles. The smallest absolute Gasteiger partial charge is 0.410 e. The minimum atomic E-state index is -0.931. The number of para-hydroxylation sites is 1. The molecule has 0 radical (unpaired) electrons. The zero-order valence-electron chi connectivity index (χ0n) is 26.2.